The van der Waals surface area contributed by atoms with Gasteiger partial charge >= 0.3 is 0 Å². The molecule has 4 rings (SSSR count). The summed E-state index contributed by atoms with van der Waals surface area (Å²) in [7, 11) is 1.53. The van der Waals surface area contributed by atoms with Gasteiger partial charge in [-0.2, -0.15) is 0 Å². The van der Waals surface area contributed by atoms with Gasteiger partial charge in [0.1, 0.15) is 17.3 Å². The van der Waals surface area contributed by atoms with Gasteiger partial charge in [-0.05, 0) is 48.8 Å². The number of benzene rings is 3. The number of hydrogen-bond donors (Lipinski definition) is 1. The summed E-state index contributed by atoms with van der Waals surface area (Å²) in [5.74, 6) is 0.396. The lowest BCUT2D eigenvalue weighted by Gasteiger charge is -2.36. The monoisotopic (exact) mass is 365 g/mol. The molecule has 1 atom stereocenters. The van der Waals surface area contributed by atoms with E-state index in [1.807, 2.05) is 30.3 Å². The fourth-order valence-corrected chi connectivity index (χ4v) is 4.14. The Balaban J connectivity index is 1.93. The van der Waals surface area contributed by atoms with Crippen LogP contribution < -0.4 is 4.74 Å². The van der Waals surface area contributed by atoms with Gasteiger partial charge in [0.15, 0.2) is 0 Å². The van der Waals surface area contributed by atoms with Gasteiger partial charge in [0, 0.05) is 17.2 Å². The van der Waals surface area contributed by atoms with Crippen LogP contribution in [0.25, 0.3) is 10.8 Å². The topological polar surface area (TPSA) is 32.7 Å². The number of fused-ring (bicyclic) bond motifs is 1. The van der Waals surface area contributed by atoms with Crippen molar-refractivity contribution in [3.8, 4) is 11.5 Å². The van der Waals surface area contributed by atoms with Crippen LogP contribution in [-0.2, 0) is 0 Å². The highest BCUT2D eigenvalue weighted by Gasteiger charge is 2.30. The Morgan fingerprint density at radius 1 is 1.00 bits per heavy atom. The molecule has 1 aliphatic heterocycles. The number of likely N-dealkylation sites (tertiary alicyclic amines) is 1. The Morgan fingerprint density at radius 3 is 2.52 bits per heavy atom. The summed E-state index contributed by atoms with van der Waals surface area (Å²) in [5.41, 5.74) is 1.35. The van der Waals surface area contributed by atoms with E-state index >= 15 is 4.39 Å². The predicted octanol–water partition coefficient (Wildman–Crippen LogP) is 5.27. The number of nitrogens with zero attached hydrogens (tertiary/aromatic N) is 1. The third kappa shape index (κ3) is 3.37. The van der Waals surface area contributed by atoms with Crippen LogP contribution in [0.3, 0.4) is 0 Å². The van der Waals surface area contributed by atoms with Crippen LogP contribution in [0.4, 0.5) is 4.39 Å². The first-order valence-corrected chi connectivity index (χ1v) is 9.47. The zero-order chi connectivity index (χ0) is 18.8. The van der Waals surface area contributed by atoms with Gasteiger partial charge in [-0.3, -0.25) is 4.90 Å². The van der Waals surface area contributed by atoms with E-state index in [-0.39, 0.29) is 17.6 Å². The molecule has 27 heavy (non-hydrogen) atoms. The zero-order valence-corrected chi connectivity index (χ0v) is 15.5. The maximum Gasteiger partial charge on any atom is 0.132 e. The molecule has 0 radical (unpaired) electrons. The molecular formula is C23H24FNO2. The Bertz CT molecular complexity index is 950. The van der Waals surface area contributed by atoms with E-state index in [0.29, 0.717) is 11.3 Å². The lowest BCUT2D eigenvalue weighted by Crippen LogP contribution is -2.35. The lowest BCUT2D eigenvalue weighted by atomic mass is 9.90. The van der Waals surface area contributed by atoms with Crippen molar-refractivity contribution in [2.75, 3.05) is 20.2 Å². The molecule has 0 saturated carbocycles. The van der Waals surface area contributed by atoms with Crippen molar-refractivity contribution in [3.05, 3.63) is 71.5 Å². The van der Waals surface area contributed by atoms with E-state index in [0.717, 1.165) is 42.3 Å². The van der Waals surface area contributed by atoms with Crippen LogP contribution in [0.2, 0.25) is 0 Å². The zero-order valence-electron chi connectivity index (χ0n) is 15.5. The molecule has 1 N–H and O–H groups in total. The molecule has 0 spiro atoms. The number of hydrogen-bond acceptors (Lipinski definition) is 3. The molecule has 4 heteroatoms. The Morgan fingerprint density at radius 2 is 1.78 bits per heavy atom. The fraction of sp³-hybridized carbons (Fsp3) is 0.304. The van der Waals surface area contributed by atoms with Gasteiger partial charge in [-0.15, -0.1) is 0 Å². The molecule has 1 fully saturated rings. The first-order chi connectivity index (χ1) is 13.2. The van der Waals surface area contributed by atoms with Crippen LogP contribution in [0.15, 0.2) is 54.6 Å². The number of ether oxygens (including phenoxy) is 1. The van der Waals surface area contributed by atoms with E-state index in [1.165, 1.54) is 19.6 Å². The molecule has 0 bridgehead atoms. The van der Waals surface area contributed by atoms with Crippen molar-refractivity contribution in [1.29, 1.82) is 0 Å². The Kier molecular flexibility index (Phi) is 4.99. The number of aromatic hydroxyl groups is 1. The smallest absolute Gasteiger partial charge is 0.132 e. The van der Waals surface area contributed by atoms with Crippen LogP contribution in [-0.4, -0.2) is 30.2 Å². The predicted molar refractivity (Wildman–Crippen MR) is 106 cm³/mol. The summed E-state index contributed by atoms with van der Waals surface area (Å²) in [6.45, 7) is 1.78. The standard InChI is InChI=1S/C23H24FNO2/c1-27-17-10-11-19(20(24)15-17)23(25-13-5-2-6-14-25)22-18-8-4-3-7-16(18)9-12-21(22)26/h3-4,7-12,15,23,26H,2,5-6,13-14H2,1H3/t23-/m1/s1. The van der Waals surface area contributed by atoms with Gasteiger partial charge in [-0.1, -0.05) is 42.8 Å². The molecule has 1 aliphatic rings. The molecule has 1 heterocycles. The summed E-state index contributed by atoms with van der Waals surface area (Å²) in [4.78, 5) is 2.29. The quantitative estimate of drug-likeness (QED) is 0.684. The number of halogens is 1. The van der Waals surface area contributed by atoms with Crippen molar-refractivity contribution < 1.29 is 14.2 Å². The first kappa shape index (κ1) is 17.8. The first-order valence-electron chi connectivity index (χ1n) is 9.47. The van der Waals surface area contributed by atoms with Gasteiger partial charge in [-0.25, -0.2) is 4.39 Å². The Hall–Kier alpha value is -2.59. The summed E-state index contributed by atoms with van der Waals surface area (Å²) in [6, 6.07) is 16.3. The van der Waals surface area contributed by atoms with Crippen molar-refractivity contribution in [1.82, 2.24) is 4.90 Å². The second kappa shape index (κ2) is 7.57. The molecule has 3 aromatic rings. The average molecular weight is 365 g/mol. The number of piperidine rings is 1. The van der Waals surface area contributed by atoms with E-state index in [9.17, 15) is 5.11 Å². The summed E-state index contributed by atoms with van der Waals surface area (Å²) in [5, 5.41) is 12.8. The van der Waals surface area contributed by atoms with E-state index in [2.05, 4.69) is 4.90 Å². The summed E-state index contributed by atoms with van der Waals surface area (Å²) in [6.07, 6.45) is 3.36. The second-order valence-electron chi connectivity index (χ2n) is 7.11. The SMILES string of the molecule is COc1ccc([C@H](c2c(O)ccc3ccccc23)N2CCCCC2)c(F)c1. The molecule has 140 valence electrons. The number of phenols is 1. The minimum absolute atomic E-state index is 0.208. The molecule has 3 aromatic carbocycles. The minimum atomic E-state index is -0.331. The fourth-order valence-electron chi connectivity index (χ4n) is 4.14. The van der Waals surface area contributed by atoms with Crippen molar-refractivity contribution in [2.45, 2.75) is 25.3 Å². The van der Waals surface area contributed by atoms with Crippen molar-refractivity contribution in [2.24, 2.45) is 0 Å². The second-order valence-corrected chi connectivity index (χ2v) is 7.11. The van der Waals surface area contributed by atoms with E-state index < -0.39 is 0 Å². The molecule has 0 aromatic heterocycles. The number of rotatable bonds is 4. The van der Waals surface area contributed by atoms with Crippen molar-refractivity contribution in [3.63, 3.8) is 0 Å². The third-order valence-corrected chi connectivity index (χ3v) is 5.48. The maximum absolute atomic E-state index is 15.1. The highest BCUT2D eigenvalue weighted by molar-refractivity contribution is 5.88. The largest absolute Gasteiger partial charge is 0.508 e. The molecule has 0 amide bonds. The van der Waals surface area contributed by atoms with Crippen molar-refractivity contribution >= 4 is 10.8 Å². The summed E-state index contributed by atoms with van der Waals surface area (Å²) >= 11 is 0. The van der Waals surface area contributed by atoms with Crippen LogP contribution >= 0.6 is 0 Å². The molecule has 0 aliphatic carbocycles. The highest BCUT2D eigenvalue weighted by Crippen LogP contribution is 2.41. The average Bonchev–Trinajstić information content (AvgIpc) is 2.71. The minimum Gasteiger partial charge on any atom is -0.508 e. The van der Waals surface area contributed by atoms with E-state index in [1.54, 1.807) is 18.2 Å². The molecular weight excluding hydrogens is 341 g/mol. The number of phenolic OH excluding ortho intramolecular Hbond substituents is 1. The highest BCUT2D eigenvalue weighted by atomic mass is 19.1. The van der Waals surface area contributed by atoms with Gasteiger partial charge in [0.2, 0.25) is 0 Å². The van der Waals surface area contributed by atoms with Gasteiger partial charge in [0.05, 0.1) is 13.2 Å². The maximum atomic E-state index is 15.1. The molecule has 1 saturated heterocycles. The Labute approximate surface area is 159 Å². The summed E-state index contributed by atoms with van der Waals surface area (Å²) < 4.78 is 20.2. The van der Waals surface area contributed by atoms with Crippen LogP contribution in [0.5, 0.6) is 11.5 Å². The van der Waals surface area contributed by atoms with Crippen LogP contribution in [0.1, 0.15) is 36.4 Å². The van der Waals surface area contributed by atoms with Gasteiger partial charge < -0.3 is 9.84 Å². The van der Waals surface area contributed by atoms with Gasteiger partial charge in [0.25, 0.3) is 0 Å². The van der Waals surface area contributed by atoms with E-state index in [4.69, 9.17) is 4.74 Å². The third-order valence-electron chi connectivity index (χ3n) is 5.48. The normalized spacial score (nSPS) is 16.4. The molecule has 0 unspecified atom stereocenters. The van der Waals surface area contributed by atoms with Crippen LogP contribution in [0, 0.1) is 5.82 Å². The molecule has 3 nitrogen and oxygen atoms in total. The lowest BCUT2D eigenvalue weighted by molar-refractivity contribution is 0.183. The number of methoxy groups -OCH3 is 1.